The van der Waals surface area contributed by atoms with E-state index in [9.17, 15) is 9.90 Å². The number of ether oxygens (including phenoxy) is 1. The largest absolute Gasteiger partial charge is 0.478 e. The Kier molecular flexibility index (Phi) is 2.80. The fourth-order valence-corrected chi connectivity index (χ4v) is 2.66. The summed E-state index contributed by atoms with van der Waals surface area (Å²) in [5.74, 6) is -0.868. The predicted molar refractivity (Wildman–Crippen MR) is 68.0 cm³/mol. The number of fused-ring (bicyclic) bond motifs is 1. The molecule has 1 saturated heterocycles. The number of nitrogens with zero attached hydrogens (tertiary/aromatic N) is 1. The highest BCUT2D eigenvalue weighted by Gasteiger charge is 2.20. The van der Waals surface area contributed by atoms with E-state index in [0.717, 1.165) is 37.0 Å². The van der Waals surface area contributed by atoms with E-state index < -0.39 is 5.97 Å². The van der Waals surface area contributed by atoms with Gasteiger partial charge in [-0.15, -0.1) is 0 Å². The Hall–Kier alpha value is -1.81. The third kappa shape index (κ3) is 1.78. The van der Waals surface area contributed by atoms with E-state index in [0.29, 0.717) is 11.6 Å². The van der Waals surface area contributed by atoms with Crippen LogP contribution in [-0.4, -0.2) is 28.9 Å². The van der Waals surface area contributed by atoms with Crippen molar-refractivity contribution in [1.82, 2.24) is 4.57 Å². The van der Waals surface area contributed by atoms with E-state index in [4.69, 9.17) is 4.74 Å². The number of carboxylic acid groups (broad SMARTS) is 1. The van der Waals surface area contributed by atoms with Crippen LogP contribution in [0.5, 0.6) is 0 Å². The molecule has 0 saturated carbocycles. The van der Waals surface area contributed by atoms with Gasteiger partial charge in [-0.2, -0.15) is 0 Å². The molecule has 0 amide bonds. The molecule has 2 heterocycles. The number of para-hydroxylation sites is 1. The number of aromatic carboxylic acids is 1. The van der Waals surface area contributed by atoms with Gasteiger partial charge in [0.2, 0.25) is 0 Å². The third-order valence-electron chi connectivity index (χ3n) is 3.55. The molecule has 2 aromatic rings. The topological polar surface area (TPSA) is 51.5 Å². The Balaban J connectivity index is 2.14. The second-order valence-electron chi connectivity index (χ2n) is 4.62. The van der Waals surface area contributed by atoms with Gasteiger partial charge in [0.05, 0.1) is 11.1 Å². The van der Waals surface area contributed by atoms with Gasteiger partial charge in [-0.1, -0.05) is 12.1 Å². The summed E-state index contributed by atoms with van der Waals surface area (Å²) >= 11 is 0. The number of aromatic nitrogens is 1. The molecule has 0 atom stereocenters. The van der Waals surface area contributed by atoms with Gasteiger partial charge in [0.1, 0.15) is 0 Å². The van der Waals surface area contributed by atoms with Gasteiger partial charge < -0.3 is 14.4 Å². The second kappa shape index (κ2) is 4.46. The lowest BCUT2D eigenvalue weighted by Gasteiger charge is -2.25. The zero-order chi connectivity index (χ0) is 12.5. The van der Waals surface area contributed by atoms with Crippen molar-refractivity contribution >= 4 is 16.9 Å². The fourth-order valence-electron chi connectivity index (χ4n) is 2.66. The first kappa shape index (κ1) is 11.3. The molecule has 0 bridgehead atoms. The second-order valence-corrected chi connectivity index (χ2v) is 4.62. The minimum atomic E-state index is -0.868. The third-order valence-corrected chi connectivity index (χ3v) is 3.55. The smallest absolute Gasteiger partial charge is 0.337 e. The van der Waals surface area contributed by atoms with Crippen LogP contribution in [0.3, 0.4) is 0 Å². The van der Waals surface area contributed by atoms with Gasteiger partial charge in [-0.3, -0.25) is 0 Å². The lowest BCUT2D eigenvalue weighted by molar-refractivity contribution is 0.0689. The summed E-state index contributed by atoms with van der Waals surface area (Å²) in [6.07, 6.45) is 3.88. The van der Waals surface area contributed by atoms with E-state index in [-0.39, 0.29) is 0 Å². The van der Waals surface area contributed by atoms with E-state index in [1.165, 1.54) is 0 Å². The molecule has 1 fully saturated rings. The van der Waals surface area contributed by atoms with Crippen molar-refractivity contribution < 1.29 is 14.6 Å². The summed E-state index contributed by atoms with van der Waals surface area (Å²) in [4.78, 5) is 11.3. The van der Waals surface area contributed by atoms with Gasteiger partial charge in [-0.05, 0) is 25.0 Å². The Morgan fingerprint density at radius 3 is 2.78 bits per heavy atom. The molecular formula is C14H15NO3. The van der Waals surface area contributed by atoms with Gasteiger partial charge in [-0.25, -0.2) is 4.79 Å². The number of hydrogen-bond acceptors (Lipinski definition) is 2. The number of carboxylic acids is 1. The number of rotatable bonds is 2. The van der Waals surface area contributed by atoms with Crippen LogP contribution in [0.2, 0.25) is 0 Å². The molecule has 4 heteroatoms. The Morgan fingerprint density at radius 2 is 2.06 bits per heavy atom. The maximum Gasteiger partial charge on any atom is 0.337 e. The molecular weight excluding hydrogens is 230 g/mol. The lowest BCUT2D eigenvalue weighted by Crippen LogP contribution is -2.19. The number of benzene rings is 1. The summed E-state index contributed by atoms with van der Waals surface area (Å²) in [5, 5.41) is 10.3. The zero-order valence-electron chi connectivity index (χ0n) is 10.0. The highest BCUT2D eigenvalue weighted by Crippen LogP contribution is 2.28. The lowest BCUT2D eigenvalue weighted by atomic mass is 10.1. The number of hydrogen-bond donors (Lipinski definition) is 1. The molecule has 94 valence electrons. The average molecular weight is 245 g/mol. The van der Waals surface area contributed by atoms with Crippen LogP contribution in [0.15, 0.2) is 30.5 Å². The van der Waals surface area contributed by atoms with Crippen LogP contribution in [0.1, 0.15) is 29.2 Å². The summed E-state index contributed by atoms with van der Waals surface area (Å²) in [6.45, 7) is 1.50. The molecule has 1 aliphatic rings. The molecule has 4 nitrogen and oxygen atoms in total. The van der Waals surface area contributed by atoms with Crippen molar-refractivity contribution in [1.29, 1.82) is 0 Å². The first-order valence-electron chi connectivity index (χ1n) is 6.18. The molecule has 18 heavy (non-hydrogen) atoms. The summed E-state index contributed by atoms with van der Waals surface area (Å²) in [5.41, 5.74) is 1.21. The molecule has 1 aliphatic heterocycles. The first-order valence-corrected chi connectivity index (χ1v) is 6.18. The first-order chi connectivity index (χ1) is 8.77. The minimum Gasteiger partial charge on any atom is -0.478 e. The SMILES string of the molecule is O=C(O)c1cccc2ccn(C3CCOCC3)c12. The normalized spacial score (nSPS) is 17.1. The Morgan fingerprint density at radius 1 is 1.28 bits per heavy atom. The van der Waals surface area contributed by atoms with Crippen molar-refractivity contribution in [3.8, 4) is 0 Å². The molecule has 3 rings (SSSR count). The number of carbonyl (C=O) groups is 1. The highest BCUT2D eigenvalue weighted by atomic mass is 16.5. The molecule has 1 aromatic heterocycles. The van der Waals surface area contributed by atoms with Gasteiger partial charge >= 0.3 is 5.97 Å². The summed E-state index contributed by atoms with van der Waals surface area (Å²) < 4.78 is 7.46. The van der Waals surface area contributed by atoms with Gasteiger partial charge in [0.25, 0.3) is 0 Å². The maximum absolute atomic E-state index is 11.3. The van der Waals surface area contributed by atoms with Crippen LogP contribution < -0.4 is 0 Å². The molecule has 0 unspecified atom stereocenters. The molecule has 0 aliphatic carbocycles. The van der Waals surface area contributed by atoms with Gasteiger partial charge in [0.15, 0.2) is 0 Å². The van der Waals surface area contributed by atoms with Crippen LogP contribution in [0.25, 0.3) is 10.9 Å². The van der Waals surface area contributed by atoms with Crippen LogP contribution in [0.4, 0.5) is 0 Å². The highest BCUT2D eigenvalue weighted by molar-refractivity contribution is 6.02. The van der Waals surface area contributed by atoms with E-state index in [2.05, 4.69) is 4.57 Å². The summed E-state index contributed by atoms with van der Waals surface area (Å²) in [7, 11) is 0. The van der Waals surface area contributed by atoms with E-state index in [1.807, 2.05) is 18.3 Å². The molecule has 0 radical (unpaired) electrons. The molecule has 1 aromatic carbocycles. The van der Waals surface area contributed by atoms with Gasteiger partial charge in [0, 0.05) is 30.8 Å². The standard InChI is InChI=1S/C14H15NO3/c16-14(17)12-3-1-2-10-4-7-15(13(10)12)11-5-8-18-9-6-11/h1-4,7,11H,5-6,8-9H2,(H,16,17). The monoisotopic (exact) mass is 245 g/mol. The Bertz CT molecular complexity index is 582. The quantitative estimate of drug-likeness (QED) is 0.885. The molecule has 1 N–H and O–H groups in total. The predicted octanol–water partition coefficient (Wildman–Crippen LogP) is 2.69. The molecule has 0 spiro atoms. The zero-order valence-corrected chi connectivity index (χ0v) is 10.0. The van der Waals surface area contributed by atoms with Crippen molar-refractivity contribution in [2.45, 2.75) is 18.9 Å². The van der Waals surface area contributed by atoms with E-state index >= 15 is 0 Å². The van der Waals surface area contributed by atoms with Crippen LogP contribution in [-0.2, 0) is 4.74 Å². The van der Waals surface area contributed by atoms with Crippen LogP contribution in [0, 0.1) is 0 Å². The van der Waals surface area contributed by atoms with Crippen LogP contribution >= 0.6 is 0 Å². The fraction of sp³-hybridized carbons (Fsp3) is 0.357. The van der Waals surface area contributed by atoms with Crippen molar-refractivity contribution in [2.24, 2.45) is 0 Å². The van der Waals surface area contributed by atoms with Crippen molar-refractivity contribution in [2.75, 3.05) is 13.2 Å². The Labute approximate surface area is 105 Å². The van der Waals surface area contributed by atoms with Crippen molar-refractivity contribution in [3.63, 3.8) is 0 Å². The van der Waals surface area contributed by atoms with Crippen molar-refractivity contribution in [3.05, 3.63) is 36.0 Å². The minimum absolute atomic E-state index is 0.344. The average Bonchev–Trinajstić information content (AvgIpc) is 2.83. The van der Waals surface area contributed by atoms with E-state index in [1.54, 1.807) is 12.1 Å². The maximum atomic E-state index is 11.3. The summed E-state index contributed by atoms with van der Waals surface area (Å²) in [6, 6.07) is 7.74.